The summed E-state index contributed by atoms with van der Waals surface area (Å²) in [6, 6.07) is 21.5. The molecule has 1 saturated heterocycles. The van der Waals surface area contributed by atoms with Gasteiger partial charge in [-0.25, -0.2) is 14.2 Å². The highest BCUT2D eigenvalue weighted by molar-refractivity contribution is 6.05. The molecule has 0 spiro atoms. The van der Waals surface area contributed by atoms with Crippen molar-refractivity contribution in [3.63, 3.8) is 0 Å². The standard InChI is InChI=1S/C28H22FN3O4/c29-19-12-10-18(11-13-19)25-16-23(22-7-1-2-8-24(22)31-25)28(35)36-17-26(33)30-20-5-3-6-21(15-20)32-14-4-9-27(32)34/h1-3,5-8,10-13,15-16H,4,9,14,17H2,(H,30,33). The van der Waals surface area contributed by atoms with Crippen LogP contribution in [0.4, 0.5) is 15.8 Å². The van der Waals surface area contributed by atoms with Gasteiger partial charge in [-0.2, -0.15) is 0 Å². The third-order valence-electron chi connectivity index (χ3n) is 5.93. The maximum absolute atomic E-state index is 13.4. The van der Waals surface area contributed by atoms with E-state index in [2.05, 4.69) is 10.3 Å². The summed E-state index contributed by atoms with van der Waals surface area (Å²) in [6.45, 7) is 0.155. The topological polar surface area (TPSA) is 88.6 Å². The second-order valence-electron chi connectivity index (χ2n) is 8.40. The number of para-hydroxylation sites is 1. The van der Waals surface area contributed by atoms with E-state index in [0.717, 1.165) is 6.42 Å². The van der Waals surface area contributed by atoms with E-state index in [9.17, 15) is 18.8 Å². The Bertz CT molecular complexity index is 1470. The normalized spacial score (nSPS) is 13.1. The second kappa shape index (κ2) is 9.95. The Balaban J connectivity index is 1.31. The Morgan fingerprint density at radius 1 is 1.00 bits per heavy atom. The van der Waals surface area contributed by atoms with Gasteiger partial charge in [-0.1, -0.05) is 24.3 Å². The number of rotatable bonds is 6. The van der Waals surface area contributed by atoms with Crippen molar-refractivity contribution in [1.82, 2.24) is 4.98 Å². The Kier molecular flexibility index (Phi) is 6.40. The van der Waals surface area contributed by atoms with Crippen LogP contribution < -0.4 is 10.2 Å². The molecule has 0 bridgehead atoms. The average molecular weight is 483 g/mol. The van der Waals surface area contributed by atoms with Crippen molar-refractivity contribution in [1.29, 1.82) is 0 Å². The number of halogens is 1. The lowest BCUT2D eigenvalue weighted by atomic mass is 10.0. The number of hydrogen-bond acceptors (Lipinski definition) is 5. The molecule has 0 aliphatic carbocycles. The number of esters is 1. The molecule has 0 radical (unpaired) electrons. The van der Waals surface area contributed by atoms with Gasteiger partial charge in [0.1, 0.15) is 5.82 Å². The van der Waals surface area contributed by atoms with Crippen molar-refractivity contribution in [3.8, 4) is 11.3 Å². The summed E-state index contributed by atoms with van der Waals surface area (Å²) in [7, 11) is 0. The number of aromatic nitrogens is 1. The molecule has 0 unspecified atom stereocenters. The summed E-state index contributed by atoms with van der Waals surface area (Å²) >= 11 is 0. The number of nitrogens with one attached hydrogen (secondary N) is 1. The molecule has 8 heteroatoms. The molecule has 1 aromatic heterocycles. The number of ether oxygens (including phenoxy) is 1. The molecule has 1 fully saturated rings. The molecule has 5 rings (SSSR count). The van der Waals surface area contributed by atoms with Gasteiger partial charge >= 0.3 is 5.97 Å². The third-order valence-corrected chi connectivity index (χ3v) is 5.93. The van der Waals surface area contributed by atoms with Gasteiger partial charge in [0.25, 0.3) is 5.91 Å². The Labute approximate surface area is 206 Å². The molecule has 2 amide bonds. The monoisotopic (exact) mass is 483 g/mol. The summed E-state index contributed by atoms with van der Waals surface area (Å²) in [5.41, 5.74) is 3.17. The fraction of sp³-hybridized carbons (Fsp3) is 0.143. The van der Waals surface area contributed by atoms with Gasteiger partial charge in [0, 0.05) is 35.3 Å². The van der Waals surface area contributed by atoms with Gasteiger partial charge in [0.15, 0.2) is 6.61 Å². The molecule has 36 heavy (non-hydrogen) atoms. The minimum atomic E-state index is -0.677. The number of fused-ring (bicyclic) bond motifs is 1. The van der Waals surface area contributed by atoms with E-state index < -0.39 is 18.5 Å². The van der Waals surface area contributed by atoms with Crippen LogP contribution in [0.15, 0.2) is 78.9 Å². The third kappa shape index (κ3) is 4.93. The van der Waals surface area contributed by atoms with Crippen molar-refractivity contribution < 1.29 is 23.5 Å². The molecule has 1 aliphatic heterocycles. The molecule has 0 atom stereocenters. The van der Waals surface area contributed by atoms with Crippen molar-refractivity contribution in [2.45, 2.75) is 12.8 Å². The lowest BCUT2D eigenvalue weighted by Crippen LogP contribution is -2.24. The highest BCUT2D eigenvalue weighted by atomic mass is 19.1. The number of hydrogen-bond donors (Lipinski definition) is 1. The van der Waals surface area contributed by atoms with Gasteiger partial charge in [-0.15, -0.1) is 0 Å². The van der Waals surface area contributed by atoms with Crippen molar-refractivity contribution in [2.75, 3.05) is 23.4 Å². The zero-order chi connectivity index (χ0) is 25.1. The van der Waals surface area contributed by atoms with Crippen LogP contribution in [0.5, 0.6) is 0 Å². The van der Waals surface area contributed by atoms with Gasteiger partial charge < -0.3 is 15.0 Å². The van der Waals surface area contributed by atoms with Crippen LogP contribution in [0.3, 0.4) is 0 Å². The van der Waals surface area contributed by atoms with E-state index in [1.54, 1.807) is 65.6 Å². The van der Waals surface area contributed by atoms with E-state index in [4.69, 9.17) is 4.74 Å². The number of pyridine rings is 1. The molecule has 3 aromatic carbocycles. The molecule has 0 saturated carbocycles. The lowest BCUT2D eigenvalue weighted by molar-refractivity contribution is -0.119. The van der Waals surface area contributed by atoms with Crippen LogP contribution in [-0.2, 0) is 14.3 Å². The highest BCUT2D eigenvalue weighted by Crippen LogP contribution is 2.26. The zero-order valence-electron chi connectivity index (χ0n) is 19.2. The van der Waals surface area contributed by atoms with Gasteiger partial charge in [-0.3, -0.25) is 9.59 Å². The van der Waals surface area contributed by atoms with Crippen LogP contribution in [0.2, 0.25) is 0 Å². The summed E-state index contributed by atoms with van der Waals surface area (Å²) in [4.78, 5) is 43.8. The van der Waals surface area contributed by atoms with Crippen LogP contribution in [-0.4, -0.2) is 35.9 Å². The minimum absolute atomic E-state index is 0.0528. The Morgan fingerprint density at radius 3 is 2.58 bits per heavy atom. The Morgan fingerprint density at radius 2 is 1.81 bits per heavy atom. The quantitative estimate of drug-likeness (QED) is 0.392. The maximum Gasteiger partial charge on any atom is 0.339 e. The molecule has 7 nitrogen and oxygen atoms in total. The summed E-state index contributed by atoms with van der Waals surface area (Å²) in [5.74, 6) is -1.51. The average Bonchev–Trinajstić information content (AvgIpc) is 3.33. The van der Waals surface area contributed by atoms with Crippen LogP contribution >= 0.6 is 0 Å². The first-order valence-electron chi connectivity index (χ1n) is 11.5. The lowest BCUT2D eigenvalue weighted by Gasteiger charge is -2.16. The summed E-state index contributed by atoms with van der Waals surface area (Å²) in [6.07, 6.45) is 1.32. The summed E-state index contributed by atoms with van der Waals surface area (Å²) in [5, 5.41) is 3.29. The van der Waals surface area contributed by atoms with Gasteiger partial charge in [-0.05, 0) is 61.0 Å². The predicted molar refractivity (Wildman–Crippen MR) is 134 cm³/mol. The smallest absolute Gasteiger partial charge is 0.339 e. The number of nitrogens with zero attached hydrogens (tertiary/aromatic N) is 2. The van der Waals surface area contributed by atoms with E-state index in [1.807, 2.05) is 6.07 Å². The van der Waals surface area contributed by atoms with Crippen LogP contribution in [0.25, 0.3) is 22.2 Å². The van der Waals surface area contributed by atoms with E-state index in [1.165, 1.54) is 12.1 Å². The highest BCUT2D eigenvalue weighted by Gasteiger charge is 2.22. The minimum Gasteiger partial charge on any atom is -0.452 e. The van der Waals surface area contributed by atoms with E-state index >= 15 is 0 Å². The number of anilines is 2. The largest absolute Gasteiger partial charge is 0.452 e. The van der Waals surface area contributed by atoms with Crippen molar-refractivity contribution in [3.05, 3.63) is 90.2 Å². The van der Waals surface area contributed by atoms with E-state index in [0.29, 0.717) is 46.5 Å². The molecular formula is C28H22FN3O4. The van der Waals surface area contributed by atoms with Crippen LogP contribution in [0, 0.1) is 5.82 Å². The number of amides is 2. The van der Waals surface area contributed by atoms with Crippen molar-refractivity contribution in [2.24, 2.45) is 0 Å². The fourth-order valence-electron chi connectivity index (χ4n) is 4.19. The van der Waals surface area contributed by atoms with Gasteiger partial charge in [0.05, 0.1) is 16.8 Å². The van der Waals surface area contributed by atoms with Crippen molar-refractivity contribution >= 4 is 40.1 Å². The molecule has 180 valence electrons. The molecule has 2 heterocycles. The van der Waals surface area contributed by atoms with E-state index in [-0.39, 0.29) is 17.3 Å². The first kappa shape index (κ1) is 23.2. The number of carbonyl (C=O) groups is 3. The molecular weight excluding hydrogens is 461 g/mol. The fourth-order valence-corrected chi connectivity index (χ4v) is 4.19. The number of benzene rings is 3. The first-order chi connectivity index (χ1) is 17.5. The second-order valence-corrected chi connectivity index (χ2v) is 8.40. The molecule has 4 aromatic rings. The van der Waals surface area contributed by atoms with Gasteiger partial charge in [0.2, 0.25) is 5.91 Å². The SMILES string of the molecule is O=C(COC(=O)c1cc(-c2ccc(F)cc2)nc2ccccc12)Nc1cccc(N2CCCC2=O)c1. The predicted octanol–water partition coefficient (Wildman–Crippen LogP) is 4.96. The molecule has 1 aliphatic rings. The number of carbonyl (C=O) groups excluding carboxylic acids is 3. The maximum atomic E-state index is 13.4. The summed E-state index contributed by atoms with van der Waals surface area (Å²) < 4.78 is 18.7. The zero-order valence-corrected chi connectivity index (χ0v) is 19.2. The first-order valence-corrected chi connectivity index (χ1v) is 11.5. The van der Waals surface area contributed by atoms with Crippen LogP contribution in [0.1, 0.15) is 23.2 Å². The Hall–Kier alpha value is -4.59. The molecule has 1 N–H and O–H groups in total.